The molecule has 2 aromatic carbocycles. The van der Waals surface area contributed by atoms with E-state index in [0.29, 0.717) is 23.8 Å². The lowest BCUT2D eigenvalue weighted by Crippen LogP contribution is -2.47. The Bertz CT molecular complexity index is 822. The molecule has 1 unspecified atom stereocenters. The molecule has 6 nitrogen and oxygen atoms in total. The third-order valence-corrected chi connectivity index (χ3v) is 4.07. The van der Waals surface area contributed by atoms with Crippen LogP contribution < -0.4 is 20.1 Å². The van der Waals surface area contributed by atoms with Crippen molar-refractivity contribution in [3.63, 3.8) is 0 Å². The van der Waals surface area contributed by atoms with Crippen molar-refractivity contribution in [1.82, 2.24) is 5.32 Å². The van der Waals surface area contributed by atoms with Gasteiger partial charge in [0, 0.05) is 17.3 Å². The largest absolute Gasteiger partial charge is 0.493 e. The minimum absolute atomic E-state index is 0.158. The molecule has 150 valence electrons. The van der Waals surface area contributed by atoms with E-state index in [4.69, 9.17) is 9.47 Å². The predicted molar refractivity (Wildman–Crippen MR) is 105 cm³/mol. The second-order valence-electron chi connectivity index (χ2n) is 6.49. The standard InChI is InChI=1S/C21H25FN2O4/c1-5-28-17-11-10-16(12-18(17)27-4)23-21(26)19(13(2)3)24-20(25)14-6-8-15(22)9-7-14/h6-13,19H,5H2,1-4H3,(H,23,26)(H,24,25). The van der Waals surface area contributed by atoms with Gasteiger partial charge in [0.2, 0.25) is 5.91 Å². The van der Waals surface area contributed by atoms with Gasteiger partial charge in [-0.05, 0) is 49.2 Å². The summed E-state index contributed by atoms with van der Waals surface area (Å²) in [5, 5.41) is 5.49. The summed E-state index contributed by atoms with van der Waals surface area (Å²) in [6.07, 6.45) is 0. The van der Waals surface area contributed by atoms with Gasteiger partial charge in [-0.25, -0.2) is 4.39 Å². The molecule has 0 radical (unpaired) electrons. The Labute approximate surface area is 164 Å². The maximum Gasteiger partial charge on any atom is 0.251 e. The molecule has 0 bridgehead atoms. The van der Waals surface area contributed by atoms with Crippen LogP contribution >= 0.6 is 0 Å². The number of methoxy groups -OCH3 is 1. The molecule has 0 aliphatic heterocycles. The van der Waals surface area contributed by atoms with Crippen LogP contribution in [0.5, 0.6) is 11.5 Å². The number of carbonyl (C=O) groups excluding carboxylic acids is 2. The van der Waals surface area contributed by atoms with Gasteiger partial charge in [-0.1, -0.05) is 13.8 Å². The van der Waals surface area contributed by atoms with Crippen molar-refractivity contribution in [3.8, 4) is 11.5 Å². The van der Waals surface area contributed by atoms with Crippen LogP contribution in [0.15, 0.2) is 42.5 Å². The number of anilines is 1. The molecule has 0 saturated carbocycles. The summed E-state index contributed by atoms with van der Waals surface area (Å²) >= 11 is 0. The Morgan fingerprint density at radius 1 is 1.07 bits per heavy atom. The Hall–Kier alpha value is -3.09. The van der Waals surface area contributed by atoms with E-state index in [2.05, 4.69) is 10.6 Å². The topological polar surface area (TPSA) is 76.7 Å². The summed E-state index contributed by atoms with van der Waals surface area (Å²) in [5.41, 5.74) is 0.801. The van der Waals surface area contributed by atoms with E-state index in [1.807, 2.05) is 20.8 Å². The molecule has 0 spiro atoms. The Morgan fingerprint density at radius 2 is 1.75 bits per heavy atom. The lowest BCUT2D eigenvalue weighted by atomic mass is 10.0. The van der Waals surface area contributed by atoms with Crippen LogP contribution in [0, 0.1) is 11.7 Å². The Morgan fingerprint density at radius 3 is 2.32 bits per heavy atom. The van der Waals surface area contributed by atoms with Crippen LogP contribution in [0.25, 0.3) is 0 Å². The average Bonchev–Trinajstić information content (AvgIpc) is 2.67. The molecule has 0 aliphatic carbocycles. The van der Waals surface area contributed by atoms with Crippen LogP contribution in [0.4, 0.5) is 10.1 Å². The van der Waals surface area contributed by atoms with Crippen molar-refractivity contribution < 1.29 is 23.5 Å². The number of amides is 2. The van der Waals surface area contributed by atoms with Crippen molar-refractivity contribution >= 4 is 17.5 Å². The number of halogens is 1. The lowest BCUT2D eigenvalue weighted by molar-refractivity contribution is -0.118. The first kappa shape index (κ1) is 21.2. The van der Waals surface area contributed by atoms with Crippen molar-refractivity contribution in [1.29, 1.82) is 0 Å². The molecule has 0 aliphatic rings. The molecule has 7 heteroatoms. The van der Waals surface area contributed by atoms with E-state index < -0.39 is 17.8 Å². The number of hydrogen-bond donors (Lipinski definition) is 2. The lowest BCUT2D eigenvalue weighted by Gasteiger charge is -2.22. The number of ether oxygens (including phenoxy) is 2. The number of rotatable bonds is 8. The molecule has 1 atom stereocenters. The molecule has 2 amide bonds. The normalized spacial score (nSPS) is 11.6. The smallest absolute Gasteiger partial charge is 0.251 e. The van der Waals surface area contributed by atoms with Crippen molar-refractivity contribution in [2.75, 3.05) is 19.0 Å². The summed E-state index contributed by atoms with van der Waals surface area (Å²) in [4.78, 5) is 25.1. The van der Waals surface area contributed by atoms with E-state index >= 15 is 0 Å². The van der Waals surface area contributed by atoms with Crippen LogP contribution in [0.2, 0.25) is 0 Å². The third-order valence-electron chi connectivity index (χ3n) is 4.07. The maximum absolute atomic E-state index is 13.0. The van der Waals surface area contributed by atoms with Gasteiger partial charge in [-0.3, -0.25) is 9.59 Å². The predicted octanol–water partition coefficient (Wildman–Crippen LogP) is 3.63. The van der Waals surface area contributed by atoms with Gasteiger partial charge in [0.1, 0.15) is 11.9 Å². The molecule has 2 N–H and O–H groups in total. The van der Waals surface area contributed by atoms with E-state index in [9.17, 15) is 14.0 Å². The second-order valence-corrected chi connectivity index (χ2v) is 6.49. The monoisotopic (exact) mass is 388 g/mol. The fourth-order valence-electron chi connectivity index (χ4n) is 2.60. The van der Waals surface area contributed by atoms with E-state index in [1.54, 1.807) is 18.2 Å². The van der Waals surface area contributed by atoms with Crippen molar-refractivity contribution in [3.05, 3.63) is 53.8 Å². The SMILES string of the molecule is CCOc1ccc(NC(=O)C(NC(=O)c2ccc(F)cc2)C(C)C)cc1OC. The van der Waals surface area contributed by atoms with Crippen LogP contribution in [0.3, 0.4) is 0 Å². The van der Waals surface area contributed by atoms with Crippen LogP contribution in [0.1, 0.15) is 31.1 Å². The summed E-state index contributed by atoms with van der Waals surface area (Å²) in [5.74, 6) is -0.327. The van der Waals surface area contributed by atoms with Gasteiger partial charge in [0.15, 0.2) is 11.5 Å². The fraction of sp³-hybridized carbons (Fsp3) is 0.333. The highest BCUT2D eigenvalue weighted by Gasteiger charge is 2.25. The number of nitrogens with one attached hydrogen (secondary N) is 2. The highest BCUT2D eigenvalue weighted by Crippen LogP contribution is 2.30. The Balaban J connectivity index is 2.12. The van der Waals surface area contributed by atoms with Gasteiger partial charge >= 0.3 is 0 Å². The summed E-state index contributed by atoms with van der Waals surface area (Å²) in [6, 6.07) is 9.44. The van der Waals surface area contributed by atoms with Crippen LogP contribution in [-0.4, -0.2) is 31.6 Å². The van der Waals surface area contributed by atoms with Gasteiger partial charge in [0.05, 0.1) is 13.7 Å². The minimum Gasteiger partial charge on any atom is -0.493 e. The fourth-order valence-corrected chi connectivity index (χ4v) is 2.60. The van der Waals surface area contributed by atoms with Crippen molar-refractivity contribution in [2.24, 2.45) is 5.92 Å². The van der Waals surface area contributed by atoms with E-state index in [0.717, 1.165) is 0 Å². The molecule has 0 fully saturated rings. The van der Waals surface area contributed by atoms with Crippen molar-refractivity contribution in [2.45, 2.75) is 26.8 Å². The first-order valence-corrected chi connectivity index (χ1v) is 9.03. The molecular formula is C21H25FN2O4. The van der Waals surface area contributed by atoms with E-state index in [1.165, 1.54) is 31.4 Å². The van der Waals surface area contributed by atoms with Gasteiger partial charge in [0.25, 0.3) is 5.91 Å². The Kier molecular flexibility index (Phi) is 7.37. The molecule has 0 heterocycles. The molecule has 2 rings (SSSR count). The summed E-state index contributed by atoms with van der Waals surface area (Å²) < 4.78 is 23.8. The molecule has 0 saturated heterocycles. The maximum atomic E-state index is 13.0. The zero-order valence-electron chi connectivity index (χ0n) is 16.4. The number of benzene rings is 2. The quantitative estimate of drug-likeness (QED) is 0.724. The molecular weight excluding hydrogens is 363 g/mol. The number of carbonyl (C=O) groups is 2. The summed E-state index contributed by atoms with van der Waals surface area (Å²) in [7, 11) is 1.52. The van der Waals surface area contributed by atoms with Gasteiger partial charge < -0.3 is 20.1 Å². The van der Waals surface area contributed by atoms with E-state index in [-0.39, 0.29) is 17.4 Å². The zero-order chi connectivity index (χ0) is 20.7. The van der Waals surface area contributed by atoms with Gasteiger partial charge in [-0.2, -0.15) is 0 Å². The summed E-state index contributed by atoms with van der Waals surface area (Å²) in [6.45, 7) is 6.01. The minimum atomic E-state index is -0.768. The number of hydrogen-bond acceptors (Lipinski definition) is 4. The molecule has 28 heavy (non-hydrogen) atoms. The second kappa shape index (κ2) is 9.73. The first-order chi connectivity index (χ1) is 13.3. The zero-order valence-corrected chi connectivity index (χ0v) is 16.4. The van der Waals surface area contributed by atoms with Gasteiger partial charge in [-0.15, -0.1) is 0 Å². The highest BCUT2D eigenvalue weighted by molar-refractivity contribution is 6.01. The highest BCUT2D eigenvalue weighted by atomic mass is 19.1. The molecule has 2 aromatic rings. The molecule has 0 aromatic heterocycles. The van der Waals surface area contributed by atoms with Crippen LogP contribution in [-0.2, 0) is 4.79 Å². The average molecular weight is 388 g/mol. The third kappa shape index (κ3) is 5.45. The first-order valence-electron chi connectivity index (χ1n) is 9.03.